The minimum atomic E-state index is -0.345. The van der Waals surface area contributed by atoms with Gasteiger partial charge in [-0.2, -0.15) is 0 Å². The van der Waals surface area contributed by atoms with Crippen LogP contribution in [0.1, 0.15) is 21.5 Å². The molecule has 0 spiro atoms. The number of anilines is 1. The molecule has 3 N–H and O–H groups in total. The highest BCUT2D eigenvalue weighted by molar-refractivity contribution is 9.10. The Hall–Kier alpha value is -1.88. The Morgan fingerprint density at radius 1 is 1.30 bits per heavy atom. The van der Waals surface area contributed by atoms with Gasteiger partial charge in [-0.05, 0) is 48.9 Å². The Morgan fingerprint density at radius 3 is 2.75 bits per heavy atom. The number of hydrogen-bond acceptors (Lipinski definition) is 2. The maximum Gasteiger partial charge on any atom is 0.251 e. The van der Waals surface area contributed by atoms with E-state index in [0.717, 1.165) is 10.0 Å². The Labute approximate surface area is 125 Å². The number of amides is 1. The summed E-state index contributed by atoms with van der Waals surface area (Å²) >= 11 is 3.27. The van der Waals surface area contributed by atoms with Crippen molar-refractivity contribution in [2.75, 3.05) is 5.73 Å². The van der Waals surface area contributed by atoms with Gasteiger partial charge in [0.15, 0.2) is 0 Å². The summed E-state index contributed by atoms with van der Waals surface area (Å²) < 4.78 is 14.3. The first-order chi connectivity index (χ1) is 9.47. The lowest BCUT2D eigenvalue weighted by molar-refractivity contribution is 0.0950. The van der Waals surface area contributed by atoms with Crippen LogP contribution in [0.15, 0.2) is 40.9 Å². The number of nitrogen functional groups attached to an aromatic ring is 1. The lowest BCUT2D eigenvalue weighted by Crippen LogP contribution is -2.23. The first kappa shape index (κ1) is 14.5. The fourth-order valence-corrected chi connectivity index (χ4v) is 2.18. The average Bonchev–Trinajstić information content (AvgIpc) is 2.42. The molecule has 0 radical (unpaired) electrons. The van der Waals surface area contributed by atoms with Gasteiger partial charge in [-0.25, -0.2) is 4.39 Å². The molecule has 3 nitrogen and oxygen atoms in total. The summed E-state index contributed by atoms with van der Waals surface area (Å²) in [6, 6.07) is 9.66. The maximum atomic E-state index is 13.6. The topological polar surface area (TPSA) is 55.1 Å². The Kier molecular flexibility index (Phi) is 4.39. The minimum absolute atomic E-state index is 0.132. The zero-order chi connectivity index (χ0) is 14.7. The molecule has 20 heavy (non-hydrogen) atoms. The van der Waals surface area contributed by atoms with E-state index < -0.39 is 0 Å². The summed E-state index contributed by atoms with van der Waals surface area (Å²) in [5, 5.41) is 2.69. The first-order valence-corrected chi connectivity index (χ1v) is 6.85. The first-order valence-electron chi connectivity index (χ1n) is 6.05. The molecule has 0 aromatic heterocycles. The van der Waals surface area contributed by atoms with Crippen LogP contribution in [0.25, 0.3) is 0 Å². The Morgan fingerprint density at radius 2 is 2.05 bits per heavy atom. The van der Waals surface area contributed by atoms with Crippen LogP contribution in [0.3, 0.4) is 0 Å². The van der Waals surface area contributed by atoms with Crippen molar-refractivity contribution in [1.82, 2.24) is 5.32 Å². The Balaban J connectivity index is 2.08. The molecule has 0 aliphatic rings. The molecule has 2 aromatic rings. The molecule has 0 fully saturated rings. The molecule has 0 unspecified atom stereocenters. The van der Waals surface area contributed by atoms with Crippen molar-refractivity contribution >= 4 is 27.5 Å². The van der Waals surface area contributed by atoms with Crippen LogP contribution >= 0.6 is 15.9 Å². The summed E-state index contributed by atoms with van der Waals surface area (Å²) in [7, 11) is 0. The second kappa shape index (κ2) is 6.05. The van der Waals surface area contributed by atoms with Crippen LogP contribution in [0.4, 0.5) is 10.1 Å². The molecule has 0 bridgehead atoms. The van der Waals surface area contributed by atoms with Gasteiger partial charge in [-0.3, -0.25) is 4.79 Å². The highest BCUT2D eigenvalue weighted by atomic mass is 79.9. The summed E-state index contributed by atoms with van der Waals surface area (Å²) in [5.41, 5.74) is 8.12. The molecule has 0 saturated carbocycles. The highest BCUT2D eigenvalue weighted by Crippen LogP contribution is 2.16. The van der Waals surface area contributed by atoms with Crippen molar-refractivity contribution in [3.8, 4) is 0 Å². The molecular weight excluding hydrogens is 323 g/mol. The predicted molar refractivity (Wildman–Crippen MR) is 80.9 cm³/mol. The molecule has 0 atom stereocenters. The molecule has 0 aliphatic heterocycles. The second-order valence-electron chi connectivity index (χ2n) is 4.49. The fraction of sp³-hybridized carbons (Fsp3) is 0.133. The molecule has 2 rings (SSSR count). The second-order valence-corrected chi connectivity index (χ2v) is 5.41. The van der Waals surface area contributed by atoms with Crippen molar-refractivity contribution in [2.45, 2.75) is 13.5 Å². The molecule has 5 heteroatoms. The van der Waals surface area contributed by atoms with Crippen LogP contribution in [0.5, 0.6) is 0 Å². The van der Waals surface area contributed by atoms with Gasteiger partial charge in [0.2, 0.25) is 0 Å². The molecule has 104 valence electrons. The van der Waals surface area contributed by atoms with Crippen molar-refractivity contribution < 1.29 is 9.18 Å². The third-order valence-electron chi connectivity index (χ3n) is 2.98. The number of hydrogen-bond donors (Lipinski definition) is 2. The number of nitrogens with two attached hydrogens (primary N) is 1. The third kappa shape index (κ3) is 3.36. The molecule has 0 aliphatic carbocycles. The van der Waals surface area contributed by atoms with Crippen LogP contribution < -0.4 is 11.1 Å². The lowest BCUT2D eigenvalue weighted by atomic mass is 10.1. The summed E-state index contributed by atoms with van der Waals surface area (Å²) in [4.78, 5) is 12.0. The van der Waals surface area contributed by atoms with E-state index in [0.29, 0.717) is 16.8 Å². The summed E-state index contributed by atoms with van der Waals surface area (Å²) in [6.07, 6.45) is 0. The predicted octanol–water partition coefficient (Wildman–Crippen LogP) is 3.41. The number of nitrogens with one attached hydrogen (secondary N) is 1. The van der Waals surface area contributed by atoms with Crippen molar-refractivity contribution in [2.24, 2.45) is 0 Å². The molecule has 2 aromatic carbocycles. The molecule has 0 heterocycles. The van der Waals surface area contributed by atoms with Crippen molar-refractivity contribution in [3.63, 3.8) is 0 Å². The van der Waals surface area contributed by atoms with Crippen molar-refractivity contribution in [3.05, 3.63) is 63.4 Å². The third-order valence-corrected chi connectivity index (χ3v) is 3.47. The van der Waals surface area contributed by atoms with E-state index in [-0.39, 0.29) is 18.3 Å². The van der Waals surface area contributed by atoms with Gasteiger partial charge in [0.1, 0.15) is 5.82 Å². The summed E-state index contributed by atoms with van der Waals surface area (Å²) in [5.74, 6) is -0.602. The number of benzene rings is 2. The van der Waals surface area contributed by atoms with E-state index in [9.17, 15) is 9.18 Å². The van der Waals surface area contributed by atoms with Crippen LogP contribution in [-0.2, 0) is 6.54 Å². The fourth-order valence-electron chi connectivity index (χ4n) is 1.77. The van der Waals surface area contributed by atoms with Gasteiger partial charge in [-0.15, -0.1) is 0 Å². The van der Waals surface area contributed by atoms with E-state index in [1.165, 1.54) is 6.07 Å². The van der Waals surface area contributed by atoms with E-state index in [2.05, 4.69) is 21.2 Å². The number of carbonyl (C=O) groups excluding carboxylic acids is 1. The van der Waals surface area contributed by atoms with Gasteiger partial charge in [0, 0.05) is 27.8 Å². The van der Waals surface area contributed by atoms with Gasteiger partial charge in [0.05, 0.1) is 0 Å². The smallest absolute Gasteiger partial charge is 0.251 e. The largest absolute Gasteiger partial charge is 0.399 e. The van der Waals surface area contributed by atoms with Crippen molar-refractivity contribution in [1.29, 1.82) is 0 Å². The van der Waals surface area contributed by atoms with Crippen LogP contribution in [-0.4, -0.2) is 5.91 Å². The van der Waals surface area contributed by atoms with Crippen LogP contribution in [0.2, 0.25) is 0 Å². The standard InChI is InChI=1S/C15H14BrFN2O/c1-9-6-10(2-5-14(9)18)15(20)19-8-11-7-12(16)3-4-13(11)17/h2-7H,8,18H2,1H3,(H,19,20). The van der Waals surface area contributed by atoms with Gasteiger partial charge in [0.25, 0.3) is 5.91 Å². The van der Waals surface area contributed by atoms with Crippen LogP contribution in [0, 0.1) is 12.7 Å². The quantitative estimate of drug-likeness (QED) is 0.844. The van der Waals surface area contributed by atoms with E-state index in [1.807, 2.05) is 6.92 Å². The highest BCUT2D eigenvalue weighted by Gasteiger charge is 2.08. The zero-order valence-electron chi connectivity index (χ0n) is 10.9. The molecular formula is C15H14BrFN2O. The number of aryl methyl sites for hydroxylation is 1. The number of rotatable bonds is 3. The SMILES string of the molecule is Cc1cc(C(=O)NCc2cc(Br)ccc2F)ccc1N. The molecule has 1 amide bonds. The number of carbonyl (C=O) groups is 1. The van der Waals surface area contributed by atoms with Gasteiger partial charge < -0.3 is 11.1 Å². The molecule has 0 saturated heterocycles. The monoisotopic (exact) mass is 336 g/mol. The average molecular weight is 337 g/mol. The van der Waals surface area contributed by atoms with E-state index >= 15 is 0 Å². The maximum absolute atomic E-state index is 13.6. The normalized spacial score (nSPS) is 10.3. The number of halogens is 2. The minimum Gasteiger partial charge on any atom is -0.399 e. The van der Waals surface area contributed by atoms with E-state index in [1.54, 1.807) is 30.3 Å². The van der Waals surface area contributed by atoms with Gasteiger partial charge in [-0.1, -0.05) is 15.9 Å². The summed E-state index contributed by atoms with van der Waals surface area (Å²) in [6.45, 7) is 1.97. The van der Waals surface area contributed by atoms with E-state index in [4.69, 9.17) is 5.73 Å². The lowest BCUT2D eigenvalue weighted by Gasteiger charge is -2.08. The van der Waals surface area contributed by atoms with Gasteiger partial charge >= 0.3 is 0 Å². The zero-order valence-corrected chi connectivity index (χ0v) is 12.5. The Bertz CT molecular complexity index is 658.